The van der Waals surface area contributed by atoms with Gasteiger partial charge in [0, 0.05) is 41.1 Å². The molecule has 61 heavy (non-hydrogen) atoms. The molecule has 11 rings (SSSR count). The van der Waals surface area contributed by atoms with E-state index in [1.165, 1.54) is 27.2 Å². The van der Waals surface area contributed by atoms with Gasteiger partial charge in [0.1, 0.15) is 0 Å². The summed E-state index contributed by atoms with van der Waals surface area (Å²) < 4.78 is 12.0. The SMILES string of the molecule is [2H]C1(c2ccc3c(c2)c2cccc4c5c(-c6[c-]c(N(c7[c-]c(-c8ccccn8)cc(-c8ccccc8)c7)c7c(C)cccc7C)ccc6)nccc5n3c24)CCC(C)(C)CC1.[Pt+2]. The second kappa shape index (κ2) is 15.4. The summed E-state index contributed by atoms with van der Waals surface area (Å²) in [6.07, 6.45) is 7.72. The molecule has 4 heterocycles. The van der Waals surface area contributed by atoms with Crippen molar-refractivity contribution in [1.82, 2.24) is 14.4 Å². The number of benzene rings is 6. The molecule has 0 atom stereocenters. The van der Waals surface area contributed by atoms with Crippen LogP contribution in [0.2, 0.25) is 0 Å². The second-order valence-corrected chi connectivity index (χ2v) is 17.4. The molecule has 1 aliphatic rings. The third-order valence-electron chi connectivity index (χ3n) is 12.9. The van der Waals surface area contributed by atoms with Crippen LogP contribution in [0.5, 0.6) is 0 Å². The van der Waals surface area contributed by atoms with E-state index in [1.807, 2.05) is 30.6 Å². The van der Waals surface area contributed by atoms with Crippen molar-refractivity contribution in [3.63, 3.8) is 0 Å². The zero-order valence-electron chi connectivity index (χ0n) is 35.9. The third kappa shape index (κ3) is 6.73. The predicted octanol–water partition coefficient (Wildman–Crippen LogP) is 15.0. The van der Waals surface area contributed by atoms with E-state index < -0.39 is 5.89 Å². The number of pyridine rings is 2. The Morgan fingerprint density at radius 3 is 2.16 bits per heavy atom. The maximum Gasteiger partial charge on any atom is 2.00 e. The number of para-hydroxylation sites is 2. The van der Waals surface area contributed by atoms with E-state index in [-0.39, 0.29) is 21.1 Å². The van der Waals surface area contributed by atoms with Gasteiger partial charge < -0.3 is 19.3 Å². The fourth-order valence-corrected chi connectivity index (χ4v) is 9.75. The van der Waals surface area contributed by atoms with Crippen LogP contribution in [0.25, 0.3) is 71.7 Å². The molecule has 10 aromatic rings. The molecule has 0 unspecified atom stereocenters. The Kier molecular flexibility index (Phi) is 9.58. The van der Waals surface area contributed by atoms with Crippen molar-refractivity contribution in [3.05, 3.63) is 181 Å². The largest absolute Gasteiger partial charge is 2.00 e. The van der Waals surface area contributed by atoms with E-state index in [2.05, 4.69) is 170 Å². The van der Waals surface area contributed by atoms with E-state index in [4.69, 9.17) is 9.97 Å². The van der Waals surface area contributed by atoms with Crippen molar-refractivity contribution in [2.24, 2.45) is 5.41 Å². The first-order chi connectivity index (χ1) is 29.7. The predicted molar refractivity (Wildman–Crippen MR) is 250 cm³/mol. The minimum atomic E-state index is -0.555. The molecule has 0 aliphatic heterocycles. The maximum absolute atomic E-state index is 9.58. The summed E-state index contributed by atoms with van der Waals surface area (Å²) in [4.78, 5) is 12.2. The van der Waals surface area contributed by atoms with Gasteiger partial charge in [0.25, 0.3) is 0 Å². The molecule has 0 spiro atoms. The standard InChI is InChI=1S/C56H46N4.Pt/c1-36-13-10-14-37(2)54(36)59(45-33-42(38-15-6-5-7-16-38)31-43(34-45)49-21-8-9-29-57-49)44-18-11-17-41(32-44)53-52-47-20-12-19-46-48-35-40(39-24-27-56(3,4)28-25-39)22-23-50(48)60(55(46)47)51(52)26-30-58-53;/h5-23,26,29-31,33,35,39H,24-25,27-28H2,1-4H3;/q-2;+2/i39D;. The molecular weight excluding hydrogens is 924 g/mol. The summed E-state index contributed by atoms with van der Waals surface area (Å²) in [6, 6.07) is 57.1. The molecule has 0 saturated heterocycles. The van der Waals surface area contributed by atoms with E-state index in [9.17, 15) is 1.37 Å². The van der Waals surface area contributed by atoms with Gasteiger partial charge in [-0.3, -0.25) is 0 Å². The quantitative estimate of drug-likeness (QED) is 0.149. The molecule has 300 valence electrons. The number of anilines is 3. The number of hydrogen-bond donors (Lipinski definition) is 0. The first-order valence-electron chi connectivity index (χ1n) is 21.7. The molecule has 0 N–H and O–H groups in total. The van der Waals surface area contributed by atoms with Crippen LogP contribution < -0.4 is 4.90 Å². The summed E-state index contributed by atoms with van der Waals surface area (Å²) >= 11 is 0. The Labute approximate surface area is 373 Å². The van der Waals surface area contributed by atoms with Crippen LogP contribution in [0, 0.1) is 31.4 Å². The molecular formula is C56H46N4Pt. The van der Waals surface area contributed by atoms with Gasteiger partial charge in [0.05, 0.1) is 11.0 Å². The zero-order valence-corrected chi connectivity index (χ0v) is 37.1. The van der Waals surface area contributed by atoms with Crippen LogP contribution in [0.4, 0.5) is 17.1 Å². The molecule has 1 saturated carbocycles. The van der Waals surface area contributed by atoms with Crippen LogP contribution in [0.15, 0.2) is 152 Å². The normalized spacial score (nSPS) is 15.0. The van der Waals surface area contributed by atoms with Gasteiger partial charge in [-0.05, 0) is 126 Å². The number of hydrogen-bond acceptors (Lipinski definition) is 3. The van der Waals surface area contributed by atoms with Gasteiger partial charge >= 0.3 is 21.1 Å². The molecule has 5 heteroatoms. The minimum absolute atomic E-state index is 0. The van der Waals surface area contributed by atoms with Gasteiger partial charge in [-0.25, -0.2) is 0 Å². The van der Waals surface area contributed by atoms with Crippen LogP contribution >= 0.6 is 0 Å². The zero-order chi connectivity index (χ0) is 41.5. The van der Waals surface area contributed by atoms with Crippen molar-refractivity contribution in [2.75, 3.05) is 4.90 Å². The summed E-state index contributed by atoms with van der Waals surface area (Å²) in [5.41, 5.74) is 15.9. The van der Waals surface area contributed by atoms with Gasteiger partial charge in [-0.15, -0.1) is 53.6 Å². The van der Waals surface area contributed by atoms with Crippen LogP contribution in [0.3, 0.4) is 0 Å². The first kappa shape index (κ1) is 37.9. The average molecular weight is 971 g/mol. The van der Waals surface area contributed by atoms with Crippen LogP contribution in [0.1, 0.15) is 63.5 Å². The molecule has 1 aliphatic carbocycles. The number of fused-ring (bicyclic) bond motifs is 6. The van der Waals surface area contributed by atoms with E-state index in [0.29, 0.717) is 5.41 Å². The molecule has 0 bridgehead atoms. The molecule has 4 aromatic heterocycles. The first-order valence-corrected chi connectivity index (χ1v) is 21.2. The number of aromatic nitrogens is 3. The molecule has 6 aromatic carbocycles. The summed E-state index contributed by atoms with van der Waals surface area (Å²) in [6.45, 7) is 9.03. The minimum Gasteiger partial charge on any atom is -0.346 e. The van der Waals surface area contributed by atoms with Crippen molar-refractivity contribution in [2.45, 2.75) is 59.3 Å². The molecule has 4 nitrogen and oxygen atoms in total. The number of nitrogens with zero attached hydrogens (tertiary/aromatic N) is 4. The maximum atomic E-state index is 9.58. The fourth-order valence-electron chi connectivity index (χ4n) is 9.75. The van der Waals surface area contributed by atoms with Crippen molar-refractivity contribution in [1.29, 1.82) is 0 Å². The van der Waals surface area contributed by atoms with Gasteiger partial charge in [-0.1, -0.05) is 104 Å². The monoisotopic (exact) mass is 970 g/mol. The summed E-state index contributed by atoms with van der Waals surface area (Å²) in [5, 5.41) is 4.71. The van der Waals surface area contributed by atoms with Crippen molar-refractivity contribution < 1.29 is 22.4 Å². The van der Waals surface area contributed by atoms with E-state index in [1.54, 1.807) is 0 Å². The Morgan fingerprint density at radius 1 is 0.639 bits per heavy atom. The average Bonchev–Trinajstić information content (AvgIpc) is 3.82. The molecule has 0 amide bonds. The summed E-state index contributed by atoms with van der Waals surface area (Å²) in [7, 11) is 0. The third-order valence-corrected chi connectivity index (χ3v) is 12.9. The molecule has 0 radical (unpaired) electrons. The van der Waals surface area contributed by atoms with Crippen LogP contribution in [-0.2, 0) is 21.1 Å². The number of aryl methyl sites for hydroxylation is 2. The van der Waals surface area contributed by atoms with Gasteiger partial charge in [0.15, 0.2) is 0 Å². The van der Waals surface area contributed by atoms with Crippen molar-refractivity contribution >= 4 is 55.2 Å². The van der Waals surface area contributed by atoms with E-state index in [0.717, 1.165) is 104 Å². The summed E-state index contributed by atoms with van der Waals surface area (Å²) in [5.74, 6) is -0.555. The fraction of sp³-hybridized carbons (Fsp3) is 0.179. The Bertz CT molecular complexity index is 3190. The Balaban J connectivity index is 0.00000458. The van der Waals surface area contributed by atoms with Crippen molar-refractivity contribution in [3.8, 4) is 33.6 Å². The topological polar surface area (TPSA) is 33.4 Å². The number of rotatable bonds is 7. The van der Waals surface area contributed by atoms with Gasteiger partial charge in [-0.2, -0.15) is 0 Å². The second-order valence-electron chi connectivity index (χ2n) is 17.4. The Morgan fingerprint density at radius 2 is 1.38 bits per heavy atom. The Hall–Kier alpha value is -6.09. The van der Waals surface area contributed by atoms with E-state index >= 15 is 0 Å². The molecule has 1 fully saturated rings. The van der Waals surface area contributed by atoms with Gasteiger partial charge in [0.2, 0.25) is 0 Å². The van der Waals surface area contributed by atoms with Crippen LogP contribution in [-0.4, -0.2) is 14.4 Å². The smallest absolute Gasteiger partial charge is 0.346 e.